The highest BCUT2D eigenvalue weighted by Gasteiger charge is 2.02. The molecule has 0 bridgehead atoms. The Morgan fingerprint density at radius 1 is 1.40 bits per heavy atom. The van der Waals surface area contributed by atoms with E-state index in [9.17, 15) is 0 Å². The van der Waals surface area contributed by atoms with Crippen molar-refractivity contribution in [2.75, 3.05) is 19.4 Å². The standard InChI is InChI=1S/C11H16BrNOS/c1-14-9-4-5-10(12)11(8-9)15-7-3-2-6-13/h4-5,8H,2-3,6-7,13H2,1H3. The number of unbranched alkanes of at least 4 members (excludes halogenated alkanes) is 1. The Morgan fingerprint density at radius 3 is 2.87 bits per heavy atom. The largest absolute Gasteiger partial charge is 0.497 e. The van der Waals surface area contributed by atoms with Gasteiger partial charge in [0.25, 0.3) is 0 Å². The van der Waals surface area contributed by atoms with Gasteiger partial charge in [0.05, 0.1) is 7.11 Å². The van der Waals surface area contributed by atoms with E-state index in [-0.39, 0.29) is 0 Å². The Labute approximate surface area is 104 Å². The second-order valence-corrected chi connectivity index (χ2v) is 5.13. The average Bonchev–Trinajstić information content (AvgIpc) is 2.26. The van der Waals surface area contributed by atoms with E-state index in [0.29, 0.717) is 0 Å². The van der Waals surface area contributed by atoms with Crippen LogP contribution in [0.4, 0.5) is 0 Å². The van der Waals surface area contributed by atoms with Crippen LogP contribution in [0.3, 0.4) is 0 Å². The maximum absolute atomic E-state index is 5.44. The summed E-state index contributed by atoms with van der Waals surface area (Å²) >= 11 is 5.36. The Morgan fingerprint density at radius 2 is 2.20 bits per heavy atom. The monoisotopic (exact) mass is 289 g/mol. The first kappa shape index (κ1) is 12.9. The summed E-state index contributed by atoms with van der Waals surface area (Å²) in [5.41, 5.74) is 5.44. The Hall–Kier alpha value is -0.190. The van der Waals surface area contributed by atoms with Crippen LogP contribution < -0.4 is 10.5 Å². The van der Waals surface area contributed by atoms with Crippen LogP contribution in [0.2, 0.25) is 0 Å². The first-order valence-electron chi connectivity index (χ1n) is 4.94. The molecule has 4 heteroatoms. The van der Waals surface area contributed by atoms with Crippen LogP contribution in [0, 0.1) is 0 Å². The van der Waals surface area contributed by atoms with E-state index >= 15 is 0 Å². The summed E-state index contributed by atoms with van der Waals surface area (Å²) in [6, 6.07) is 6.02. The first-order valence-corrected chi connectivity index (χ1v) is 6.72. The number of benzene rings is 1. The summed E-state index contributed by atoms with van der Waals surface area (Å²) < 4.78 is 6.31. The number of halogens is 1. The van der Waals surface area contributed by atoms with Crippen LogP contribution in [0.5, 0.6) is 5.75 Å². The fraction of sp³-hybridized carbons (Fsp3) is 0.455. The van der Waals surface area contributed by atoms with Gasteiger partial charge in [0.15, 0.2) is 0 Å². The summed E-state index contributed by atoms with van der Waals surface area (Å²) in [5.74, 6) is 2.00. The van der Waals surface area contributed by atoms with Crippen LogP contribution in [0.25, 0.3) is 0 Å². The van der Waals surface area contributed by atoms with Crippen LogP contribution in [-0.4, -0.2) is 19.4 Å². The molecule has 84 valence electrons. The van der Waals surface area contributed by atoms with E-state index in [1.165, 1.54) is 4.90 Å². The highest BCUT2D eigenvalue weighted by Crippen LogP contribution is 2.31. The van der Waals surface area contributed by atoms with Crippen LogP contribution in [0.1, 0.15) is 12.8 Å². The van der Waals surface area contributed by atoms with Gasteiger partial charge in [0.2, 0.25) is 0 Å². The summed E-state index contributed by atoms with van der Waals surface area (Å²) in [6.45, 7) is 0.778. The van der Waals surface area contributed by atoms with Gasteiger partial charge in [-0.3, -0.25) is 0 Å². The van der Waals surface area contributed by atoms with E-state index < -0.39 is 0 Å². The van der Waals surface area contributed by atoms with E-state index in [0.717, 1.165) is 35.4 Å². The molecule has 0 unspecified atom stereocenters. The van der Waals surface area contributed by atoms with Gasteiger partial charge in [-0.25, -0.2) is 0 Å². The van der Waals surface area contributed by atoms with Crippen molar-refractivity contribution in [1.29, 1.82) is 0 Å². The Balaban J connectivity index is 2.51. The van der Waals surface area contributed by atoms with E-state index in [4.69, 9.17) is 10.5 Å². The lowest BCUT2D eigenvalue weighted by Crippen LogP contribution is -1.98. The number of nitrogens with two attached hydrogens (primary N) is 1. The van der Waals surface area contributed by atoms with Gasteiger partial charge >= 0.3 is 0 Å². The lowest BCUT2D eigenvalue weighted by atomic mass is 10.3. The number of rotatable bonds is 6. The van der Waals surface area contributed by atoms with Gasteiger partial charge in [0, 0.05) is 9.37 Å². The molecule has 0 aliphatic carbocycles. The molecule has 0 heterocycles. The Kier molecular flexibility index (Phi) is 6.13. The number of hydrogen-bond donors (Lipinski definition) is 1. The third-order valence-electron chi connectivity index (χ3n) is 1.99. The molecule has 0 aliphatic heterocycles. The normalized spacial score (nSPS) is 10.3. The fourth-order valence-electron chi connectivity index (χ4n) is 1.15. The first-order chi connectivity index (χ1) is 7.27. The highest BCUT2D eigenvalue weighted by molar-refractivity contribution is 9.10. The Bertz CT molecular complexity index is 307. The number of methoxy groups -OCH3 is 1. The van der Waals surface area contributed by atoms with Gasteiger partial charge in [-0.1, -0.05) is 0 Å². The summed E-state index contributed by atoms with van der Waals surface area (Å²) in [4.78, 5) is 1.23. The third kappa shape index (κ3) is 4.45. The minimum absolute atomic E-state index is 0.778. The number of ether oxygens (including phenoxy) is 1. The van der Waals surface area contributed by atoms with Crippen molar-refractivity contribution in [2.45, 2.75) is 17.7 Å². The molecule has 0 fully saturated rings. The molecule has 1 aromatic rings. The maximum atomic E-state index is 5.44. The number of hydrogen-bond acceptors (Lipinski definition) is 3. The van der Waals surface area contributed by atoms with Crippen molar-refractivity contribution < 1.29 is 4.74 Å². The number of thioether (sulfide) groups is 1. The molecular weight excluding hydrogens is 274 g/mol. The van der Waals surface area contributed by atoms with Crippen LogP contribution >= 0.6 is 27.7 Å². The third-order valence-corrected chi connectivity index (χ3v) is 4.09. The van der Waals surface area contributed by atoms with Crippen molar-refractivity contribution in [3.63, 3.8) is 0 Å². The van der Waals surface area contributed by atoms with Gasteiger partial charge < -0.3 is 10.5 Å². The SMILES string of the molecule is COc1ccc(Br)c(SCCCCN)c1. The minimum Gasteiger partial charge on any atom is -0.497 e. The summed E-state index contributed by atoms with van der Waals surface area (Å²) in [6.07, 6.45) is 2.25. The predicted molar refractivity (Wildman–Crippen MR) is 69.7 cm³/mol. The molecule has 0 radical (unpaired) electrons. The van der Waals surface area contributed by atoms with Crippen LogP contribution in [-0.2, 0) is 0 Å². The lowest BCUT2D eigenvalue weighted by Gasteiger charge is -2.06. The molecule has 0 amide bonds. The van der Waals surface area contributed by atoms with E-state index in [1.807, 2.05) is 23.9 Å². The van der Waals surface area contributed by atoms with Gasteiger partial charge in [0.1, 0.15) is 5.75 Å². The molecular formula is C11H16BrNOS. The highest BCUT2D eigenvalue weighted by atomic mass is 79.9. The zero-order valence-electron chi connectivity index (χ0n) is 8.83. The van der Waals surface area contributed by atoms with Crippen molar-refractivity contribution in [2.24, 2.45) is 5.73 Å². The fourth-order valence-corrected chi connectivity index (χ4v) is 2.71. The zero-order chi connectivity index (χ0) is 11.1. The molecule has 0 atom stereocenters. The quantitative estimate of drug-likeness (QED) is 0.645. The van der Waals surface area contributed by atoms with Crippen molar-refractivity contribution in [3.05, 3.63) is 22.7 Å². The van der Waals surface area contributed by atoms with E-state index in [1.54, 1.807) is 7.11 Å². The van der Waals surface area contributed by atoms with Crippen molar-refractivity contribution in [1.82, 2.24) is 0 Å². The molecule has 1 rings (SSSR count). The molecule has 2 N–H and O–H groups in total. The summed E-state index contributed by atoms with van der Waals surface area (Å²) in [5, 5.41) is 0. The molecule has 0 saturated carbocycles. The minimum atomic E-state index is 0.778. The molecule has 0 saturated heterocycles. The maximum Gasteiger partial charge on any atom is 0.120 e. The van der Waals surface area contributed by atoms with E-state index in [2.05, 4.69) is 22.0 Å². The summed E-state index contributed by atoms with van der Waals surface area (Å²) in [7, 11) is 1.69. The molecule has 0 aliphatic rings. The van der Waals surface area contributed by atoms with Gasteiger partial charge in [-0.05, 0) is 59.3 Å². The average molecular weight is 290 g/mol. The van der Waals surface area contributed by atoms with Crippen molar-refractivity contribution >= 4 is 27.7 Å². The lowest BCUT2D eigenvalue weighted by molar-refractivity contribution is 0.413. The smallest absolute Gasteiger partial charge is 0.120 e. The second kappa shape index (κ2) is 7.14. The molecule has 0 spiro atoms. The van der Waals surface area contributed by atoms with Crippen LogP contribution in [0.15, 0.2) is 27.6 Å². The second-order valence-electron chi connectivity index (χ2n) is 3.14. The molecule has 15 heavy (non-hydrogen) atoms. The predicted octanol–water partition coefficient (Wildman–Crippen LogP) is 3.29. The van der Waals surface area contributed by atoms with Gasteiger partial charge in [-0.15, -0.1) is 11.8 Å². The van der Waals surface area contributed by atoms with Gasteiger partial charge in [-0.2, -0.15) is 0 Å². The molecule has 2 nitrogen and oxygen atoms in total. The molecule has 0 aromatic heterocycles. The topological polar surface area (TPSA) is 35.2 Å². The molecule has 1 aromatic carbocycles. The zero-order valence-corrected chi connectivity index (χ0v) is 11.2. The van der Waals surface area contributed by atoms with Crippen molar-refractivity contribution in [3.8, 4) is 5.75 Å².